The van der Waals surface area contributed by atoms with Gasteiger partial charge in [0.1, 0.15) is 0 Å². The average molecular weight is 339 g/mol. The molecule has 5 nitrogen and oxygen atoms in total. The molecule has 5 heteroatoms. The highest BCUT2D eigenvalue weighted by Gasteiger charge is 2.23. The van der Waals surface area contributed by atoms with Crippen molar-refractivity contribution in [3.05, 3.63) is 0 Å². The van der Waals surface area contributed by atoms with E-state index in [1.165, 1.54) is 12.8 Å². The molecule has 0 radical (unpaired) electrons. The highest BCUT2D eigenvalue weighted by molar-refractivity contribution is 5.76. The maximum Gasteiger partial charge on any atom is 0.220 e. The summed E-state index contributed by atoms with van der Waals surface area (Å²) >= 11 is 0. The highest BCUT2D eigenvalue weighted by atomic mass is 16.1. The van der Waals surface area contributed by atoms with Crippen molar-refractivity contribution in [2.24, 2.45) is 5.92 Å². The van der Waals surface area contributed by atoms with Crippen LogP contribution in [0.2, 0.25) is 0 Å². The Morgan fingerprint density at radius 3 is 2.00 bits per heavy atom. The highest BCUT2D eigenvalue weighted by Crippen LogP contribution is 2.21. The Morgan fingerprint density at radius 2 is 1.46 bits per heavy atom. The van der Waals surface area contributed by atoms with Gasteiger partial charge < -0.3 is 10.2 Å². The number of piperazine rings is 1. The first kappa shape index (κ1) is 19.7. The number of amides is 1. The number of carbonyl (C=O) groups is 1. The fourth-order valence-electron chi connectivity index (χ4n) is 3.86. The minimum absolute atomic E-state index is 0.249. The number of hydrogen-bond donors (Lipinski definition) is 1. The van der Waals surface area contributed by atoms with E-state index in [1.54, 1.807) is 0 Å². The van der Waals surface area contributed by atoms with Gasteiger partial charge in [-0.1, -0.05) is 0 Å². The monoisotopic (exact) mass is 338 g/mol. The summed E-state index contributed by atoms with van der Waals surface area (Å²) in [5, 5.41) is 3.14. The molecule has 2 saturated heterocycles. The van der Waals surface area contributed by atoms with Gasteiger partial charge in [-0.25, -0.2) is 0 Å². The summed E-state index contributed by atoms with van der Waals surface area (Å²) in [5.74, 6) is 0.827. The van der Waals surface area contributed by atoms with Crippen LogP contribution in [-0.2, 0) is 4.79 Å². The molecule has 0 bridgehead atoms. The van der Waals surface area contributed by atoms with Crippen LogP contribution in [0.25, 0.3) is 0 Å². The third kappa shape index (κ3) is 6.34. The lowest BCUT2D eigenvalue weighted by atomic mass is 9.92. The molecular formula is C19H38N4O. The molecule has 2 aliphatic rings. The van der Waals surface area contributed by atoms with Gasteiger partial charge in [-0.2, -0.15) is 0 Å². The third-order valence-corrected chi connectivity index (χ3v) is 5.74. The molecule has 0 spiro atoms. The lowest BCUT2D eigenvalue weighted by Crippen LogP contribution is -2.50. The van der Waals surface area contributed by atoms with Crippen LogP contribution in [-0.4, -0.2) is 85.0 Å². The number of piperidine rings is 1. The topological polar surface area (TPSA) is 38.8 Å². The van der Waals surface area contributed by atoms with Gasteiger partial charge in [0.15, 0.2) is 0 Å². The van der Waals surface area contributed by atoms with E-state index in [9.17, 15) is 4.79 Å². The molecule has 0 atom stereocenters. The lowest BCUT2D eigenvalue weighted by molar-refractivity contribution is -0.122. The van der Waals surface area contributed by atoms with Gasteiger partial charge in [-0.05, 0) is 59.5 Å². The maximum atomic E-state index is 12.2. The summed E-state index contributed by atoms with van der Waals surface area (Å²) < 4.78 is 0. The van der Waals surface area contributed by atoms with Crippen LogP contribution >= 0.6 is 0 Å². The molecule has 0 saturated carbocycles. The van der Waals surface area contributed by atoms with E-state index in [4.69, 9.17) is 0 Å². The van der Waals surface area contributed by atoms with Crippen molar-refractivity contribution in [2.45, 2.75) is 59.0 Å². The van der Waals surface area contributed by atoms with Crippen LogP contribution < -0.4 is 5.32 Å². The van der Waals surface area contributed by atoms with Crippen LogP contribution in [0.15, 0.2) is 0 Å². The second-order valence-electron chi connectivity index (χ2n) is 8.10. The van der Waals surface area contributed by atoms with E-state index in [0.29, 0.717) is 24.4 Å². The van der Waals surface area contributed by atoms with Crippen molar-refractivity contribution in [1.82, 2.24) is 20.0 Å². The number of carbonyl (C=O) groups excluding carboxylic acids is 1. The number of nitrogens with zero attached hydrogens (tertiary/aromatic N) is 3. The van der Waals surface area contributed by atoms with Gasteiger partial charge in [-0.3, -0.25) is 14.6 Å². The first-order valence-electron chi connectivity index (χ1n) is 9.93. The van der Waals surface area contributed by atoms with Gasteiger partial charge >= 0.3 is 0 Å². The smallest absolute Gasteiger partial charge is 0.220 e. The van der Waals surface area contributed by atoms with E-state index in [1.807, 2.05) is 0 Å². The molecule has 2 aliphatic heterocycles. The molecular weight excluding hydrogens is 300 g/mol. The fourth-order valence-corrected chi connectivity index (χ4v) is 3.86. The van der Waals surface area contributed by atoms with Gasteiger partial charge in [-0.15, -0.1) is 0 Å². The van der Waals surface area contributed by atoms with E-state index in [0.717, 1.165) is 52.4 Å². The summed E-state index contributed by atoms with van der Waals surface area (Å²) in [6, 6.07) is 1.28. The van der Waals surface area contributed by atoms with E-state index in [2.05, 4.69) is 47.7 Å². The third-order valence-electron chi connectivity index (χ3n) is 5.74. The Bertz CT molecular complexity index is 370. The molecule has 140 valence electrons. The number of rotatable bonds is 7. The second kappa shape index (κ2) is 9.73. The first-order chi connectivity index (χ1) is 11.5. The van der Waals surface area contributed by atoms with Crippen LogP contribution in [0, 0.1) is 5.92 Å². The first-order valence-corrected chi connectivity index (χ1v) is 9.93. The zero-order valence-electron chi connectivity index (χ0n) is 16.3. The Kier molecular flexibility index (Phi) is 7.98. The normalized spacial score (nSPS) is 22.4. The number of hydrogen-bond acceptors (Lipinski definition) is 4. The standard InChI is InChI=1S/C19H38N4O/c1-16(2)22-8-5-18(6-9-22)15-19(24)20-7-10-21-11-13-23(14-12-21)17(3)4/h16-18H,5-15H2,1-4H3,(H,20,24). The molecule has 0 unspecified atom stereocenters. The van der Waals surface area contributed by atoms with Crippen LogP contribution in [0.3, 0.4) is 0 Å². The summed E-state index contributed by atoms with van der Waals surface area (Å²) in [7, 11) is 0. The van der Waals surface area contributed by atoms with Crippen molar-refractivity contribution < 1.29 is 4.79 Å². The Labute approximate surface area is 148 Å². The van der Waals surface area contributed by atoms with Crippen LogP contribution in [0.1, 0.15) is 47.0 Å². The van der Waals surface area contributed by atoms with Gasteiger partial charge in [0, 0.05) is 57.8 Å². The Balaban J connectivity index is 1.54. The zero-order chi connectivity index (χ0) is 17.5. The van der Waals surface area contributed by atoms with Crippen molar-refractivity contribution in [3.63, 3.8) is 0 Å². The molecule has 2 rings (SSSR count). The van der Waals surface area contributed by atoms with Gasteiger partial charge in [0.05, 0.1) is 0 Å². The van der Waals surface area contributed by atoms with Crippen LogP contribution in [0.5, 0.6) is 0 Å². The predicted octanol–water partition coefficient (Wildman–Crippen LogP) is 1.64. The molecule has 2 fully saturated rings. The molecule has 0 aromatic heterocycles. The van der Waals surface area contributed by atoms with Crippen molar-refractivity contribution in [1.29, 1.82) is 0 Å². The number of likely N-dealkylation sites (tertiary alicyclic amines) is 1. The quantitative estimate of drug-likeness (QED) is 0.766. The molecule has 0 aliphatic carbocycles. The Morgan fingerprint density at radius 1 is 0.917 bits per heavy atom. The zero-order valence-corrected chi connectivity index (χ0v) is 16.3. The summed E-state index contributed by atoms with van der Waals surface area (Å²) in [4.78, 5) is 19.7. The maximum absolute atomic E-state index is 12.2. The van der Waals surface area contributed by atoms with Gasteiger partial charge in [0.25, 0.3) is 0 Å². The average Bonchev–Trinajstić information content (AvgIpc) is 2.55. The molecule has 1 N–H and O–H groups in total. The molecule has 0 aromatic carbocycles. The molecule has 0 aromatic rings. The summed E-state index contributed by atoms with van der Waals surface area (Å²) in [5.41, 5.74) is 0. The van der Waals surface area contributed by atoms with Crippen molar-refractivity contribution >= 4 is 5.91 Å². The van der Waals surface area contributed by atoms with Gasteiger partial charge in [0.2, 0.25) is 5.91 Å². The lowest BCUT2D eigenvalue weighted by Gasteiger charge is -2.37. The van der Waals surface area contributed by atoms with E-state index >= 15 is 0 Å². The Hall–Kier alpha value is -0.650. The summed E-state index contributed by atoms with van der Waals surface area (Å²) in [6.45, 7) is 17.7. The minimum Gasteiger partial charge on any atom is -0.355 e. The molecule has 24 heavy (non-hydrogen) atoms. The summed E-state index contributed by atoms with van der Waals surface area (Å²) in [6.07, 6.45) is 3.05. The van der Waals surface area contributed by atoms with E-state index < -0.39 is 0 Å². The van der Waals surface area contributed by atoms with Crippen molar-refractivity contribution in [2.75, 3.05) is 52.4 Å². The fraction of sp³-hybridized carbons (Fsp3) is 0.947. The van der Waals surface area contributed by atoms with E-state index in [-0.39, 0.29) is 5.91 Å². The van der Waals surface area contributed by atoms with Crippen LogP contribution in [0.4, 0.5) is 0 Å². The minimum atomic E-state index is 0.249. The van der Waals surface area contributed by atoms with Crippen molar-refractivity contribution in [3.8, 4) is 0 Å². The SMILES string of the molecule is CC(C)N1CCC(CC(=O)NCCN2CCN(C(C)C)CC2)CC1. The predicted molar refractivity (Wildman–Crippen MR) is 100 cm³/mol. The largest absolute Gasteiger partial charge is 0.355 e. The second-order valence-corrected chi connectivity index (χ2v) is 8.10. The molecule has 2 heterocycles. The molecule has 1 amide bonds. The number of nitrogens with one attached hydrogen (secondary N) is 1.